The normalized spacial score (nSPS) is 12.0. The zero-order chi connectivity index (χ0) is 13.0. The number of terminal acetylenes is 1. The quantitative estimate of drug-likeness (QED) is 0.627. The van der Waals surface area contributed by atoms with Gasteiger partial charge in [0.2, 0.25) is 0 Å². The number of rotatable bonds is 3. The van der Waals surface area contributed by atoms with Gasteiger partial charge in [-0.1, -0.05) is 19.8 Å². The summed E-state index contributed by atoms with van der Waals surface area (Å²) in [6, 6.07) is 3.65. The molecule has 0 heterocycles. The third kappa shape index (κ3) is 3.50. The minimum Gasteiger partial charge on any atom is -0.338 e. The van der Waals surface area contributed by atoms with Crippen LogP contribution in [0.3, 0.4) is 0 Å². The first-order valence-electron chi connectivity index (χ1n) is 5.21. The van der Waals surface area contributed by atoms with Crippen LogP contribution >= 0.6 is 12.6 Å². The van der Waals surface area contributed by atoms with Gasteiger partial charge in [-0.15, -0.1) is 19.1 Å². The van der Waals surface area contributed by atoms with Gasteiger partial charge in [0.05, 0.1) is 11.6 Å². The lowest BCUT2D eigenvalue weighted by molar-refractivity contribution is 0.0934. The summed E-state index contributed by atoms with van der Waals surface area (Å²) in [4.78, 5) is 12.3. The zero-order valence-corrected chi connectivity index (χ0v) is 10.6. The molecule has 0 aromatic heterocycles. The number of thiol groups is 1. The van der Waals surface area contributed by atoms with Crippen LogP contribution in [0, 0.1) is 24.1 Å². The van der Waals surface area contributed by atoms with Crippen molar-refractivity contribution in [1.82, 2.24) is 5.32 Å². The highest BCUT2D eigenvalue weighted by atomic mass is 32.1. The fourth-order valence-electron chi connectivity index (χ4n) is 1.31. The van der Waals surface area contributed by atoms with Gasteiger partial charge >= 0.3 is 0 Å². The molecule has 0 aliphatic heterocycles. The van der Waals surface area contributed by atoms with Crippen LogP contribution in [0.2, 0.25) is 0 Å². The molecule has 2 nitrogen and oxygen atoms in total. The second-order valence-corrected chi connectivity index (χ2v) is 4.54. The van der Waals surface area contributed by atoms with Crippen molar-refractivity contribution in [2.45, 2.75) is 24.8 Å². The van der Waals surface area contributed by atoms with E-state index in [0.29, 0.717) is 4.90 Å². The standard InChI is InChI=1S/C13H14FNOS/c1-4-12(8(2)3)15-13(16)10-7-9(17)5-6-11(10)14/h1,5-8,12,17H,2-3H3,(H,15,16). The molecule has 17 heavy (non-hydrogen) atoms. The lowest BCUT2D eigenvalue weighted by atomic mass is 10.0. The summed E-state index contributed by atoms with van der Waals surface area (Å²) < 4.78 is 13.4. The van der Waals surface area contributed by atoms with Crippen LogP contribution in [0.4, 0.5) is 4.39 Å². The highest BCUT2D eigenvalue weighted by Crippen LogP contribution is 2.14. The van der Waals surface area contributed by atoms with Gasteiger partial charge in [-0.05, 0) is 24.1 Å². The maximum Gasteiger partial charge on any atom is 0.255 e. The molecule has 1 unspecified atom stereocenters. The zero-order valence-electron chi connectivity index (χ0n) is 9.70. The summed E-state index contributed by atoms with van der Waals surface area (Å²) in [6.45, 7) is 3.77. The second kappa shape index (κ2) is 5.74. The number of hydrogen-bond acceptors (Lipinski definition) is 2. The molecule has 0 radical (unpaired) electrons. The van der Waals surface area contributed by atoms with Gasteiger partial charge in [0, 0.05) is 4.90 Å². The largest absolute Gasteiger partial charge is 0.338 e. The molecule has 1 aromatic carbocycles. The molecule has 0 spiro atoms. The number of amides is 1. The Bertz CT molecular complexity index is 465. The average Bonchev–Trinajstić information content (AvgIpc) is 2.28. The van der Waals surface area contributed by atoms with E-state index in [9.17, 15) is 9.18 Å². The number of nitrogens with one attached hydrogen (secondary N) is 1. The predicted octanol–water partition coefficient (Wildman–Crippen LogP) is 2.50. The third-order valence-electron chi connectivity index (χ3n) is 2.33. The number of halogens is 1. The fraction of sp³-hybridized carbons (Fsp3) is 0.308. The number of carbonyl (C=O) groups excluding carboxylic acids is 1. The van der Waals surface area contributed by atoms with Crippen LogP contribution < -0.4 is 5.32 Å². The van der Waals surface area contributed by atoms with Crippen LogP contribution in [0.1, 0.15) is 24.2 Å². The molecule has 1 rings (SSSR count). The van der Waals surface area contributed by atoms with Gasteiger partial charge in [-0.2, -0.15) is 0 Å². The van der Waals surface area contributed by atoms with E-state index in [1.165, 1.54) is 18.2 Å². The van der Waals surface area contributed by atoms with Crippen LogP contribution in [-0.2, 0) is 0 Å². The van der Waals surface area contributed by atoms with E-state index in [1.807, 2.05) is 13.8 Å². The molecule has 0 saturated carbocycles. The van der Waals surface area contributed by atoms with Crippen molar-refractivity contribution in [2.24, 2.45) is 5.92 Å². The first-order valence-corrected chi connectivity index (χ1v) is 5.66. The van der Waals surface area contributed by atoms with E-state index in [0.717, 1.165) is 0 Å². The highest BCUT2D eigenvalue weighted by Gasteiger charge is 2.17. The molecule has 0 fully saturated rings. The van der Waals surface area contributed by atoms with Gasteiger partial charge in [0.1, 0.15) is 5.82 Å². The van der Waals surface area contributed by atoms with Crippen molar-refractivity contribution in [3.63, 3.8) is 0 Å². The Morgan fingerprint density at radius 1 is 1.53 bits per heavy atom. The topological polar surface area (TPSA) is 29.1 Å². The summed E-state index contributed by atoms with van der Waals surface area (Å²) in [6.07, 6.45) is 5.29. The van der Waals surface area contributed by atoms with Gasteiger partial charge in [-0.25, -0.2) is 4.39 Å². The molecule has 0 saturated heterocycles. The second-order valence-electron chi connectivity index (χ2n) is 4.03. The average molecular weight is 251 g/mol. The number of hydrogen-bond donors (Lipinski definition) is 2. The predicted molar refractivity (Wildman–Crippen MR) is 68.6 cm³/mol. The van der Waals surface area contributed by atoms with Gasteiger partial charge < -0.3 is 5.32 Å². The Morgan fingerprint density at radius 2 is 2.18 bits per heavy atom. The summed E-state index contributed by atoms with van der Waals surface area (Å²) in [5.74, 6) is 1.45. The van der Waals surface area contributed by atoms with E-state index in [-0.39, 0.29) is 11.5 Å². The maximum atomic E-state index is 13.4. The van der Waals surface area contributed by atoms with Crippen molar-refractivity contribution in [1.29, 1.82) is 0 Å². The molecule has 1 amide bonds. The van der Waals surface area contributed by atoms with Crippen molar-refractivity contribution in [3.05, 3.63) is 29.6 Å². The van der Waals surface area contributed by atoms with Gasteiger partial charge in [0.15, 0.2) is 0 Å². The summed E-state index contributed by atoms with van der Waals surface area (Å²) in [5, 5.41) is 2.60. The Hall–Kier alpha value is -1.47. The summed E-state index contributed by atoms with van der Waals surface area (Å²) in [5.41, 5.74) is -0.0431. The molecule has 1 atom stereocenters. The number of carbonyl (C=O) groups is 1. The summed E-state index contributed by atoms with van der Waals surface area (Å²) >= 11 is 4.06. The lowest BCUT2D eigenvalue weighted by Crippen LogP contribution is -2.37. The van der Waals surface area contributed by atoms with E-state index in [4.69, 9.17) is 6.42 Å². The first-order chi connectivity index (χ1) is 7.95. The molecule has 90 valence electrons. The lowest BCUT2D eigenvalue weighted by Gasteiger charge is -2.16. The molecule has 1 N–H and O–H groups in total. The minimum absolute atomic E-state index is 0.0431. The van der Waals surface area contributed by atoms with Crippen LogP contribution in [-0.4, -0.2) is 11.9 Å². The first kappa shape index (κ1) is 13.6. The molecule has 0 bridgehead atoms. The Kier molecular flexibility index (Phi) is 4.59. The minimum atomic E-state index is -0.583. The SMILES string of the molecule is C#CC(NC(=O)c1cc(S)ccc1F)C(C)C. The molecular formula is C13H14FNOS. The number of benzene rings is 1. The van der Waals surface area contributed by atoms with E-state index >= 15 is 0 Å². The monoisotopic (exact) mass is 251 g/mol. The van der Waals surface area contributed by atoms with Crippen LogP contribution in [0.25, 0.3) is 0 Å². The molecular weight excluding hydrogens is 237 g/mol. The third-order valence-corrected chi connectivity index (χ3v) is 2.61. The van der Waals surface area contributed by atoms with E-state index < -0.39 is 17.8 Å². The Morgan fingerprint density at radius 3 is 2.71 bits per heavy atom. The Balaban J connectivity index is 2.90. The summed E-state index contributed by atoms with van der Waals surface area (Å²) in [7, 11) is 0. The fourth-order valence-corrected chi connectivity index (χ4v) is 1.51. The van der Waals surface area contributed by atoms with Crippen molar-refractivity contribution < 1.29 is 9.18 Å². The van der Waals surface area contributed by atoms with E-state index in [1.54, 1.807) is 0 Å². The molecule has 4 heteroatoms. The Labute approximate surface area is 106 Å². The van der Waals surface area contributed by atoms with Crippen molar-refractivity contribution in [3.8, 4) is 12.3 Å². The van der Waals surface area contributed by atoms with Crippen molar-refractivity contribution >= 4 is 18.5 Å². The molecule has 0 aliphatic rings. The van der Waals surface area contributed by atoms with Crippen LogP contribution in [0.15, 0.2) is 23.1 Å². The highest BCUT2D eigenvalue weighted by molar-refractivity contribution is 7.80. The molecule has 0 aliphatic carbocycles. The van der Waals surface area contributed by atoms with Gasteiger partial charge in [-0.3, -0.25) is 4.79 Å². The van der Waals surface area contributed by atoms with Crippen molar-refractivity contribution in [2.75, 3.05) is 0 Å². The van der Waals surface area contributed by atoms with E-state index in [2.05, 4.69) is 23.9 Å². The smallest absolute Gasteiger partial charge is 0.255 e. The molecule has 1 aromatic rings. The van der Waals surface area contributed by atoms with Gasteiger partial charge in [0.25, 0.3) is 5.91 Å². The maximum absolute atomic E-state index is 13.4. The van der Waals surface area contributed by atoms with Crippen LogP contribution in [0.5, 0.6) is 0 Å².